The van der Waals surface area contributed by atoms with Gasteiger partial charge in [0.05, 0.1) is 11.4 Å². The summed E-state index contributed by atoms with van der Waals surface area (Å²) >= 11 is 0. The van der Waals surface area contributed by atoms with Crippen LogP contribution in [0.5, 0.6) is 0 Å². The molecule has 1 heterocycles. The molecule has 54 valence electrons. The van der Waals surface area contributed by atoms with Crippen LogP contribution < -0.4 is 0 Å². The fraction of sp³-hybridized carbons (Fsp3) is 0.500. The Morgan fingerprint density at radius 3 is 2.50 bits per heavy atom. The van der Waals surface area contributed by atoms with E-state index in [-0.39, 0.29) is 0 Å². The minimum absolute atomic E-state index is 1.00. The van der Waals surface area contributed by atoms with E-state index in [1.165, 1.54) is 5.56 Å². The van der Waals surface area contributed by atoms with E-state index >= 15 is 0 Å². The van der Waals surface area contributed by atoms with Gasteiger partial charge in [-0.25, -0.2) is 0 Å². The Morgan fingerprint density at radius 2 is 2.00 bits per heavy atom. The molecule has 0 aliphatic heterocycles. The van der Waals surface area contributed by atoms with Crippen LogP contribution in [-0.2, 0) is 6.42 Å². The second-order valence-corrected chi connectivity index (χ2v) is 2.45. The highest BCUT2D eigenvalue weighted by atomic mass is 15.1. The highest BCUT2D eigenvalue weighted by Crippen LogP contribution is 2.04. The number of rotatable bonds is 1. The van der Waals surface area contributed by atoms with Crippen LogP contribution in [0.4, 0.5) is 0 Å². The molecular formula is C8H12N2. The molecule has 1 rings (SSSR count). The zero-order valence-electron chi connectivity index (χ0n) is 6.68. The first kappa shape index (κ1) is 7.19. The predicted molar refractivity (Wildman–Crippen MR) is 40.9 cm³/mol. The largest absolute Gasteiger partial charge is 0.156 e. The van der Waals surface area contributed by atoms with Crippen molar-refractivity contribution in [2.45, 2.75) is 27.2 Å². The number of hydrogen-bond acceptors (Lipinski definition) is 2. The number of aryl methyl sites for hydroxylation is 3. The molecule has 0 amide bonds. The van der Waals surface area contributed by atoms with Crippen LogP contribution in [0.3, 0.4) is 0 Å². The van der Waals surface area contributed by atoms with Crippen molar-refractivity contribution in [2.24, 2.45) is 0 Å². The van der Waals surface area contributed by atoms with Crippen LogP contribution in [-0.4, -0.2) is 10.2 Å². The summed E-state index contributed by atoms with van der Waals surface area (Å²) in [6.45, 7) is 6.08. The van der Waals surface area contributed by atoms with Crippen LogP contribution in [0.25, 0.3) is 0 Å². The average Bonchev–Trinajstić information content (AvgIpc) is 1.94. The second-order valence-electron chi connectivity index (χ2n) is 2.45. The third-order valence-electron chi connectivity index (χ3n) is 1.59. The zero-order valence-corrected chi connectivity index (χ0v) is 6.68. The van der Waals surface area contributed by atoms with E-state index < -0.39 is 0 Å². The van der Waals surface area contributed by atoms with Gasteiger partial charge in [-0.1, -0.05) is 6.92 Å². The van der Waals surface area contributed by atoms with Crippen LogP contribution in [0.15, 0.2) is 6.07 Å². The van der Waals surface area contributed by atoms with Gasteiger partial charge in [-0.15, -0.1) is 0 Å². The predicted octanol–water partition coefficient (Wildman–Crippen LogP) is 1.66. The molecule has 0 aliphatic rings. The Bertz CT molecular complexity index is 231. The van der Waals surface area contributed by atoms with E-state index in [4.69, 9.17) is 0 Å². The second kappa shape index (κ2) is 2.78. The van der Waals surface area contributed by atoms with Gasteiger partial charge in [-0.2, -0.15) is 10.2 Å². The van der Waals surface area contributed by atoms with Gasteiger partial charge in [0.1, 0.15) is 0 Å². The number of hydrogen-bond donors (Lipinski definition) is 0. The molecule has 0 atom stereocenters. The standard InChI is InChI=1S/C8H12N2/c1-4-8-5-6(2)9-10-7(8)3/h5H,4H2,1-3H3. The first-order chi connectivity index (χ1) is 4.74. The summed E-state index contributed by atoms with van der Waals surface area (Å²) in [4.78, 5) is 0. The highest BCUT2D eigenvalue weighted by Gasteiger charge is 1.96. The van der Waals surface area contributed by atoms with Crippen molar-refractivity contribution in [1.29, 1.82) is 0 Å². The number of aromatic nitrogens is 2. The van der Waals surface area contributed by atoms with Crippen molar-refractivity contribution in [3.05, 3.63) is 23.0 Å². The van der Waals surface area contributed by atoms with Crippen molar-refractivity contribution >= 4 is 0 Å². The minimum Gasteiger partial charge on any atom is -0.156 e. The van der Waals surface area contributed by atoms with Gasteiger partial charge in [-0.05, 0) is 31.9 Å². The van der Waals surface area contributed by atoms with Gasteiger partial charge in [0, 0.05) is 0 Å². The van der Waals surface area contributed by atoms with E-state index in [1.54, 1.807) is 0 Å². The Kier molecular flexibility index (Phi) is 2.00. The first-order valence-corrected chi connectivity index (χ1v) is 3.54. The van der Waals surface area contributed by atoms with Gasteiger partial charge in [0.25, 0.3) is 0 Å². The summed E-state index contributed by atoms with van der Waals surface area (Å²) in [6, 6.07) is 2.09. The molecule has 0 fully saturated rings. The van der Waals surface area contributed by atoms with Gasteiger partial charge in [0.15, 0.2) is 0 Å². The van der Waals surface area contributed by atoms with Crippen LogP contribution >= 0.6 is 0 Å². The maximum atomic E-state index is 4.00. The summed E-state index contributed by atoms with van der Waals surface area (Å²) in [7, 11) is 0. The molecule has 2 nitrogen and oxygen atoms in total. The molecule has 0 unspecified atom stereocenters. The van der Waals surface area contributed by atoms with Crippen molar-refractivity contribution in [1.82, 2.24) is 10.2 Å². The Morgan fingerprint density at radius 1 is 1.30 bits per heavy atom. The molecule has 1 aromatic heterocycles. The van der Waals surface area contributed by atoms with Crippen LogP contribution in [0.2, 0.25) is 0 Å². The van der Waals surface area contributed by atoms with E-state index in [2.05, 4.69) is 23.2 Å². The van der Waals surface area contributed by atoms with Crippen molar-refractivity contribution in [3.63, 3.8) is 0 Å². The van der Waals surface area contributed by atoms with Gasteiger partial charge < -0.3 is 0 Å². The summed E-state index contributed by atoms with van der Waals surface area (Å²) in [6.07, 6.45) is 1.04. The molecule has 10 heavy (non-hydrogen) atoms. The Hall–Kier alpha value is -0.920. The Labute approximate surface area is 61.3 Å². The third-order valence-corrected chi connectivity index (χ3v) is 1.59. The molecular weight excluding hydrogens is 124 g/mol. The summed E-state index contributed by atoms with van der Waals surface area (Å²) in [5, 5.41) is 7.94. The van der Waals surface area contributed by atoms with Gasteiger partial charge >= 0.3 is 0 Å². The fourth-order valence-corrected chi connectivity index (χ4v) is 0.961. The Balaban J connectivity index is 3.09. The minimum atomic E-state index is 1.00. The fourth-order valence-electron chi connectivity index (χ4n) is 0.961. The molecule has 0 saturated carbocycles. The van der Waals surface area contributed by atoms with Crippen LogP contribution in [0.1, 0.15) is 23.9 Å². The smallest absolute Gasteiger partial charge is 0.0632 e. The van der Waals surface area contributed by atoms with Crippen molar-refractivity contribution < 1.29 is 0 Å². The lowest BCUT2D eigenvalue weighted by atomic mass is 10.1. The summed E-state index contributed by atoms with van der Waals surface area (Å²) in [5.74, 6) is 0. The quantitative estimate of drug-likeness (QED) is 0.586. The van der Waals surface area contributed by atoms with Crippen molar-refractivity contribution in [2.75, 3.05) is 0 Å². The molecule has 0 saturated heterocycles. The maximum Gasteiger partial charge on any atom is 0.0632 e. The monoisotopic (exact) mass is 136 g/mol. The van der Waals surface area contributed by atoms with E-state index in [0.29, 0.717) is 0 Å². The molecule has 0 bridgehead atoms. The molecule has 0 radical (unpaired) electrons. The van der Waals surface area contributed by atoms with E-state index in [1.807, 2.05) is 13.8 Å². The lowest BCUT2D eigenvalue weighted by molar-refractivity contribution is 0.901. The summed E-state index contributed by atoms with van der Waals surface area (Å²) in [5.41, 5.74) is 3.35. The first-order valence-electron chi connectivity index (χ1n) is 3.54. The van der Waals surface area contributed by atoms with Gasteiger partial charge in [-0.3, -0.25) is 0 Å². The van der Waals surface area contributed by atoms with E-state index in [9.17, 15) is 0 Å². The molecule has 0 aliphatic carbocycles. The molecule has 2 heteroatoms. The lowest BCUT2D eigenvalue weighted by Crippen LogP contribution is -1.95. The molecule has 0 spiro atoms. The maximum absolute atomic E-state index is 4.00. The third kappa shape index (κ3) is 1.32. The topological polar surface area (TPSA) is 25.8 Å². The number of nitrogens with zero attached hydrogens (tertiary/aromatic N) is 2. The van der Waals surface area contributed by atoms with Gasteiger partial charge in [0.2, 0.25) is 0 Å². The average molecular weight is 136 g/mol. The summed E-state index contributed by atoms with van der Waals surface area (Å²) < 4.78 is 0. The molecule has 0 aromatic carbocycles. The van der Waals surface area contributed by atoms with Crippen molar-refractivity contribution in [3.8, 4) is 0 Å². The normalized spacial score (nSPS) is 9.90. The van der Waals surface area contributed by atoms with Crippen LogP contribution in [0, 0.1) is 13.8 Å². The SMILES string of the molecule is CCc1cc(C)nnc1C. The zero-order chi connectivity index (χ0) is 7.56. The highest BCUT2D eigenvalue weighted by molar-refractivity contribution is 5.19. The lowest BCUT2D eigenvalue weighted by Gasteiger charge is -1.99. The molecule has 1 aromatic rings. The molecule has 0 N–H and O–H groups in total. The van der Waals surface area contributed by atoms with E-state index in [0.717, 1.165) is 17.8 Å².